The molecular weight excluding hydrogens is 240 g/mol. The summed E-state index contributed by atoms with van der Waals surface area (Å²) < 4.78 is 0. The predicted molar refractivity (Wildman–Crippen MR) is 74.3 cm³/mol. The molecule has 1 saturated carbocycles. The molecule has 0 aromatic rings. The van der Waals surface area contributed by atoms with Gasteiger partial charge < -0.3 is 5.73 Å². The summed E-state index contributed by atoms with van der Waals surface area (Å²) in [5, 5.41) is 0. The second-order valence-electron chi connectivity index (χ2n) is 6.74. The van der Waals surface area contributed by atoms with Crippen molar-refractivity contribution in [3.05, 3.63) is 0 Å². The van der Waals surface area contributed by atoms with Gasteiger partial charge in [0.25, 0.3) is 0 Å². The lowest BCUT2D eigenvalue weighted by Crippen LogP contribution is -2.54. The highest BCUT2D eigenvalue weighted by Gasteiger charge is 2.46. The number of piperidine rings is 1. The average molecular weight is 266 g/mol. The molecule has 1 aliphatic heterocycles. The first-order valence-electron chi connectivity index (χ1n) is 7.52. The van der Waals surface area contributed by atoms with Gasteiger partial charge in [0.05, 0.1) is 6.04 Å². The molecule has 2 amide bonds. The lowest BCUT2D eigenvalue weighted by molar-refractivity contribution is -0.156. The normalized spacial score (nSPS) is 24.5. The van der Waals surface area contributed by atoms with Gasteiger partial charge in [0.15, 0.2) is 0 Å². The minimum atomic E-state index is -0.112. The fourth-order valence-electron chi connectivity index (χ4n) is 3.75. The topological polar surface area (TPSA) is 63.4 Å². The fraction of sp³-hybridized carbons (Fsp3) is 0.867. The lowest BCUT2D eigenvalue weighted by Gasteiger charge is -2.40. The van der Waals surface area contributed by atoms with Crippen LogP contribution in [0.1, 0.15) is 58.8 Å². The zero-order valence-corrected chi connectivity index (χ0v) is 12.2. The number of rotatable bonds is 4. The quantitative estimate of drug-likeness (QED) is 0.792. The Balaban J connectivity index is 2.10. The van der Waals surface area contributed by atoms with Gasteiger partial charge in [-0.15, -0.1) is 0 Å². The molecule has 0 aromatic carbocycles. The van der Waals surface area contributed by atoms with Crippen molar-refractivity contribution in [2.24, 2.45) is 17.1 Å². The molecule has 1 unspecified atom stereocenters. The van der Waals surface area contributed by atoms with E-state index in [0.717, 1.165) is 32.1 Å². The summed E-state index contributed by atoms with van der Waals surface area (Å²) in [7, 11) is 0. The van der Waals surface area contributed by atoms with Crippen molar-refractivity contribution < 1.29 is 9.59 Å². The molecule has 1 aliphatic carbocycles. The number of nitrogens with two attached hydrogens (primary N) is 1. The average Bonchev–Trinajstić information content (AvgIpc) is 2.74. The van der Waals surface area contributed by atoms with Crippen LogP contribution >= 0.6 is 0 Å². The van der Waals surface area contributed by atoms with E-state index in [9.17, 15) is 9.59 Å². The standard InChI is InChI=1S/C15H26N2O2/c1-11(2)7-12(10-16)17-13(18)8-15(9-14(17)19)5-3-4-6-15/h11-12H,3-10,16H2,1-2H3. The molecule has 2 rings (SSSR count). The van der Waals surface area contributed by atoms with Crippen LogP contribution in [-0.4, -0.2) is 29.3 Å². The Labute approximate surface area is 115 Å². The zero-order valence-electron chi connectivity index (χ0n) is 12.2. The molecule has 1 atom stereocenters. The number of carbonyl (C=O) groups is 2. The summed E-state index contributed by atoms with van der Waals surface area (Å²) >= 11 is 0. The fourth-order valence-corrected chi connectivity index (χ4v) is 3.75. The van der Waals surface area contributed by atoms with E-state index in [0.29, 0.717) is 25.3 Å². The number of hydrogen-bond donors (Lipinski definition) is 1. The molecule has 1 heterocycles. The van der Waals surface area contributed by atoms with Gasteiger partial charge in [0.2, 0.25) is 11.8 Å². The number of nitrogens with zero attached hydrogens (tertiary/aromatic N) is 1. The second kappa shape index (κ2) is 5.61. The Morgan fingerprint density at radius 2 is 1.68 bits per heavy atom. The third-order valence-corrected chi connectivity index (χ3v) is 4.63. The van der Waals surface area contributed by atoms with E-state index < -0.39 is 0 Å². The summed E-state index contributed by atoms with van der Waals surface area (Å²) in [6.07, 6.45) is 6.30. The molecule has 0 bridgehead atoms. The van der Waals surface area contributed by atoms with Crippen LogP contribution in [0.2, 0.25) is 0 Å². The monoisotopic (exact) mass is 266 g/mol. The Hall–Kier alpha value is -0.900. The second-order valence-corrected chi connectivity index (χ2v) is 6.74. The van der Waals surface area contributed by atoms with Crippen molar-refractivity contribution in [2.45, 2.75) is 64.8 Å². The molecule has 2 aliphatic rings. The van der Waals surface area contributed by atoms with Gasteiger partial charge in [0.1, 0.15) is 0 Å². The molecule has 2 fully saturated rings. The van der Waals surface area contributed by atoms with Gasteiger partial charge in [0, 0.05) is 19.4 Å². The first-order valence-corrected chi connectivity index (χ1v) is 7.52. The van der Waals surface area contributed by atoms with Crippen LogP contribution in [0.4, 0.5) is 0 Å². The van der Waals surface area contributed by atoms with Gasteiger partial charge in [-0.1, -0.05) is 26.7 Å². The van der Waals surface area contributed by atoms with E-state index in [-0.39, 0.29) is 23.3 Å². The van der Waals surface area contributed by atoms with Gasteiger partial charge in [-0.25, -0.2) is 0 Å². The largest absolute Gasteiger partial charge is 0.328 e. The van der Waals surface area contributed by atoms with E-state index in [2.05, 4.69) is 13.8 Å². The van der Waals surface area contributed by atoms with Crippen LogP contribution < -0.4 is 5.73 Å². The van der Waals surface area contributed by atoms with Crippen molar-refractivity contribution in [3.63, 3.8) is 0 Å². The first-order chi connectivity index (χ1) is 8.97. The maximum Gasteiger partial charge on any atom is 0.230 e. The van der Waals surface area contributed by atoms with Crippen LogP contribution in [0.25, 0.3) is 0 Å². The first kappa shape index (κ1) is 14.5. The summed E-state index contributed by atoms with van der Waals surface area (Å²) in [6, 6.07) is -0.112. The summed E-state index contributed by atoms with van der Waals surface area (Å²) in [4.78, 5) is 26.3. The highest BCUT2D eigenvalue weighted by molar-refractivity contribution is 5.99. The van der Waals surface area contributed by atoms with Gasteiger partial charge in [-0.2, -0.15) is 0 Å². The molecule has 1 spiro atoms. The molecule has 0 aromatic heterocycles. The Kier molecular flexibility index (Phi) is 4.29. The van der Waals surface area contributed by atoms with Gasteiger partial charge in [-0.3, -0.25) is 14.5 Å². The molecular formula is C15H26N2O2. The SMILES string of the molecule is CC(C)CC(CN)N1C(=O)CC2(CCCC2)CC1=O. The number of likely N-dealkylation sites (tertiary alicyclic amines) is 1. The predicted octanol–water partition coefficient (Wildman–Crippen LogP) is 2.07. The molecule has 1 saturated heterocycles. The van der Waals surface area contributed by atoms with Crippen LogP contribution in [0.5, 0.6) is 0 Å². The molecule has 4 heteroatoms. The highest BCUT2D eigenvalue weighted by atomic mass is 16.2. The molecule has 108 valence electrons. The third-order valence-electron chi connectivity index (χ3n) is 4.63. The molecule has 0 radical (unpaired) electrons. The van der Waals surface area contributed by atoms with Crippen molar-refractivity contribution in [3.8, 4) is 0 Å². The minimum Gasteiger partial charge on any atom is -0.328 e. The molecule has 2 N–H and O–H groups in total. The molecule has 19 heavy (non-hydrogen) atoms. The summed E-state index contributed by atoms with van der Waals surface area (Å²) in [5.41, 5.74) is 5.76. The Bertz CT molecular complexity index is 339. The van der Waals surface area contributed by atoms with E-state index in [1.807, 2.05) is 0 Å². The smallest absolute Gasteiger partial charge is 0.230 e. The van der Waals surface area contributed by atoms with Crippen LogP contribution in [0.15, 0.2) is 0 Å². The lowest BCUT2D eigenvalue weighted by atomic mass is 9.76. The van der Waals surface area contributed by atoms with Crippen LogP contribution in [-0.2, 0) is 9.59 Å². The third kappa shape index (κ3) is 2.99. The number of imide groups is 1. The van der Waals surface area contributed by atoms with Gasteiger partial charge >= 0.3 is 0 Å². The van der Waals surface area contributed by atoms with Crippen molar-refractivity contribution in [1.29, 1.82) is 0 Å². The van der Waals surface area contributed by atoms with Crippen molar-refractivity contribution in [1.82, 2.24) is 4.90 Å². The van der Waals surface area contributed by atoms with Crippen molar-refractivity contribution in [2.75, 3.05) is 6.54 Å². The Morgan fingerprint density at radius 1 is 1.16 bits per heavy atom. The number of amides is 2. The Morgan fingerprint density at radius 3 is 2.11 bits per heavy atom. The maximum atomic E-state index is 12.4. The van der Waals surface area contributed by atoms with Crippen molar-refractivity contribution >= 4 is 11.8 Å². The highest BCUT2D eigenvalue weighted by Crippen LogP contribution is 2.47. The number of carbonyl (C=O) groups excluding carboxylic acids is 2. The zero-order chi connectivity index (χ0) is 14.0. The molecule has 4 nitrogen and oxygen atoms in total. The van der Waals surface area contributed by atoms with E-state index in [4.69, 9.17) is 5.73 Å². The van der Waals surface area contributed by atoms with Gasteiger partial charge in [-0.05, 0) is 30.6 Å². The van der Waals surface area contributed by atoms with Crippen LogP contribution in [0.3, 0.4) is 0 Å². The number of hydrogen-bond acceptors (Lipinski definition) is 3. The maximum absolute atomic E-state index is 12.4. The minimum absolute atomic E-state index is 0.00856. The summed E-state index contributed by atoms with van der Waals surface area (Å²) in [5.74, 6) is 0.458. The van der Waals surface area contributed by atoms with Crippen LogP contribution in [0, 0.1) is 11.3 Å². The van der Waals surface area contributed by atoms with E-state index in [1.54, 1.807) is 0 Å². The van der Waals surface area contributed by atoms with E-state index >= 15 is 0 Å². The van der Waals surface area contributed by atoms with E-state index in [1.165, 1.54) is 4.90 Å². The summed E-state index contributed by atoms with van der Waals surface area (Å²) in [6.45, 7) is 4.57.